The summed E-state index contributed by atoms with van der Waals surface area (Å²) in [4.78, 5) is 20.1. The van der Waals surface area contributed by atoms with Crippen molar-refractivity contribution in [3.8, 4) is 5.75 Å². The Balaban J connectivity index is 1.61. The molecule has 1 amide bonds. The van der Waals surface area contributed by atoms with Crippen molar-refractivity contribution < 1.29 is 9.53 Å². The van der Waals surface area contributed by atoms with E-state index in [1.54, 1.807) is 11.3 Å². The Kier molecular flexibility index (Phi) is 4.96. The quantitative estimate of drug-likeness (QED) is 0.896. The average molecular weight is 372 g/mol. The van der Waals surface area contributed by atoms with Gasteiger partial charge in [-0.2, -0.15) is 0 Å². The zero-order chi connectivity index (χ0) is 18.0. The summed E-state index contributed by atoms with van der Waals surface area (Å²) in [6.07, 6.45) is 5.22. The van der Waals surface area contributed by atoms with Crippen LogP contribution in [-0.2, 0) is 4.79 Å². The molecular formula is C20H25N3O2S. The van der Waals surface area contributed by atoms with Gasteiger partial charge in [-0.05, 0) is 45.0 Å². The van der Waals surface area contributed by atoms with E-state index in [0.717, 1.165) is 43.2 Å². The van der Waals surface area contributed by atoms with Crippen LogP contribution in [0.15, 0.2) is 35.8 Å². The molecule has 0 bridgehead atoms. The van der Waals surface area contributed by atoms with Crippen molar-refractivity contribution in [1.29, 1.82) is 0 Å². The molecule has 0 unspecified atom stereocenters. The summed E-state index contributed by atoms with van der Waals surface area (Å²) in [5, 5.41) is 6.38. The fourth-order valence-corrected chi connectivity index (χ4v) is 4.73. The number of carbonyl (C=O) groups excluding carboxylic acids is 1. The second kappa shape index (κ2) is 7.37. The third-order valence-electron chi connectivity index (χ3n) is 5.39. The Morgan fingerprint density at radius 3 is 2.77 bits per heavy atom. The number of aryl methyl sites for hydroxylation is 1. The summed E-state index contributed by atoms with van der Waals surface area (Å²) in [5.74, 6) is 0.896. The molecule has 0 aliphatic carbocycles. The molecule has 0 radical (unpaired) electrons. The van der Waals surface area contributed by atoms with Gasteiger partial charge in [0.05, 0.1) is 6.04 Å². The molecule has 0 saturated carbocycles. The molecule has 1 N–H and O–H groups in total. The van der Waals surface area contributed by atoms with Gasteiger partial charge in [0.2, 0.25) is 0 Å². The van der Waals surface area contributed by atoms with Crippen LogP contribution in [-0.4, -0.2) is 41.0 Å². The first kappa shape index (κ1) is 17.5. The molecular weight excluding hydrogens is 346 g/mol. The van der Waals surface area contributed by atoms with Gasteiger partial charge in [-0.25, -0.2) is 4.98 Å². The third-order valence-corrected chi connectivity index (χ3v) is 6.26. The van der Waals surface area contributed by atoms with E-state index in [4.69, 9.17) is 4.74 Å². The summed E-state index contributed by atoms with van der Waals surface area (Å²) in [7, 11) is 0. The molecule has 2 aromatic rings. The van der Waals surface area contributed by atoms with Crippen molar-refractivity contribution in [1.82, 2.24) is 15.2 Å². The summed E-state index contributed by atoms with van der Waals surface area (Å²) in [6, 6.07) is 8.09. The van der Waals surface area contributed by atoms with Gasteiger partial charge in [0.1, 0.15) is 10.8 Å². The number of nitrogens with zero attached hydrogens (tertiary/aromatic N) is 2. The van der Waals surface area contributed by atoms with Crippen LogP contribution in [0.2, 0.25) is 0 Å². The molecule has 3 heterocycles. The normalized spacial score (nSPS) is 22.3. The topological polar surface area (TPSA) is 54.5 Å². The highest BCUT2D eigenvalue weighted by molar-refractivity contribution is 7.09. The molecule has 1 aromatic carbocycles. The molecule has 6 heteroatoms. The van der Waals surface area contributed by atoms with Crippen molar-refractivity contribution in [3.63, 3.8) is 0 Å². The minimum atomic E-state index is -0.777. The van der Waals surface area contributed by atoms with Gasteiger partial charge in [-0.3, -0.25) is 4.79 Å². The lowest BCUT2D eigenvalue weighted by molar-refractivity contribution is -0.151. The molecule has 2 saturated heterocycles. The Morgan fingerprint density at radius 1 is 1.31 bits per heavy atom. The number of nitrogens with one attached hydrogen (secondary N) is 1. The first-order chi connectivity index (χ1) is 12.7. The van der Waals surface area contributed by atoms with Crippen LogP contribution in [0.4, 0.5) is 0 Å². The lowest BCUT2D eigenvalue weighted by Crippen LogP contribution is -2.57. The SMILES string of the molecule is Cc1ccc(OC2(C(=O)N3CCC[C@H]3c3nccs3)CCNCC2)cc1. The first-order valence-corrected chi connectivity index (χ1v) is 10.2. The van der Waals surface area contributed by atoms with E-state index in [2.05, 4.69) is 17.2 Å². The van der Waals surface area contributed by atoms with Gasteiger partial charge < -0.3 is 15.0 Å². The molecule has 26 heavy (non-hydrogen) atoms. The maximum atomic E-state index is 13.6. The number of ether oxygens (including phenoxy) is 1. The highest BCUT2D eigenvalue weighted by atomic mass is 32.1. The number of carbonyl (C=O) groups is 1. The standard InChI is InChI=1S/C20H25N3O2S/c1-15-4-6-16(7-5-15)25-20(8-10-21-11-9-20)19(24)23-13-2-3-17(23)18-22-12-14-26-18/h4-7,12,14,17,21H,2-3,8-11,13H2,1H3/t17-/m0/s1. The number of benzene rings is 1. The van der Waals surface area contributed by atoms with Crippen LogP contribution >= 0.6 is 11.3 Å². The molecule has 138 valence electrons. The highest BCUT2D eigenvalue weighted by Crippen LogP contribution is 2.38. The van der Waals surface area contributed by atoms with E-state index in [1.807, 2.05) is 40.7 Å². The largest absolute Gasteiger partial charge is 0.477 e. The summed E-state index contributed by atoms with van der Waals surface area (Å²) in [5.41, 5.74) is 0.409. The number of likely N-dealkylation sites (tertiary alicyclic amines) is 1. The fraction of sp³-hybridized carbons (Fsp3) is 0.500. The van der Waals surface area contributed by atoms with Gasteiger partial charge in [0.25, 0.3) is 5.91 Å². The number of piperidine rings is 1. The van der Waals surface area contributed by atoms with Gasteiger partial charge >= 0.3 is 0 Å². The average Bonchev–Trinajstić information content (AvgIpc) is 3.35. The summed E-state index contributed by atoms with van der Waals surface area (Å²) < 4.78 is 6.39. The molecule has 5 nitrogen and oxygen atoms in total. The molecule has 2 aliphatic rings. The second-order valence-corrected chi connectivity index (χ2v) is 8.11. The van der Waals surface area contributed by atoms with Gasteiger partial charge in [0.15, 0.2) is 5.60 Å². The summed E-state index contributed by atoms with van der Waals surface area (Å²) >= 11 is 1.63. The van der Waals surface area contributed by atoms with Crippen molar-refractivity contribution in [2.75, 3.05) is 19.6 Å². The van der Waals surface area contributed by atoms with Gasteiger partial charge in [-0.15, -0.1) is 11.3 Å². The number of thiazole rings is 1. The number of rotatable bonds is 4. The maximum Gasteiger partial charge on any atom is 0.267 e. The molecule has 2 aliphatic heterocycles. The molecule has 1 atom stereocenters. The zero-order valence-corrected chi connectivity index (χ0v) is 15.9. The zero-order valence-electron chi connectivity index (χ0n) is 15.1. The Morgan fingerprint density at radius 2 is 2.08 bits per heavy atom. The Bertz CT molecular complexity index is 739. The fourth-order valence-electron chi connectivity index (χ4n) is 3.95. The number of amides is 1. The predicted molar refractivity (Wildman–Crippen MR) is 102 cm³/mol. The summed E-state index contributed by atoms with van der Waals surface area (Å²) in [6.45, 7) is 4.44. The lowest BCUT2D eigenvalue weighted by atomic mass is 9.90. The lowest BCUT2D eigenvalue weighted by Gasteiger charge is -2.40. The molecule has 1 aromatic heterocycles. The van der Waals surface area contributed by atoms with Crippen LogP contribution in [0.5, 0.6) is 5.75 Å². The van der Waals surface area contributed by atoms with E-state index in [1.165, 1.54) is 5.56 Å². The third kappa shape index (κ3) is 3.35. The van der Waals surface area contributed by atoms with Crippen molar-refractivity contribution in [2.24, 2.45) is 0 Å². The second-order valence-electron chi connectivity index (χ2n) is 7.19. The molecule has 4 rings (SSSR count). The minimum absolute atomic E-state index is 0.0934. The van der Waals surface area contributed by atoms with E-state index < -0.39 is 5.60 Å². The number of hydrogen-bond donors (Lipinski definition) is 1. The van der Waals surface area contributed by atoms with Crippen LogP contribution in [0, 0.1) is 6.92 Å². The number of aromatic nitrogens is 1. The smallest absolute Gasteiger partial charge is 0.267 e. The van der Waals surface area contributed by atoms with Crippen molar-refractivity contribution in [2.45, 2.75) is 44.2 Å². The van der Waals surface area contributed by atoms with Gasteiger partial charge in [0, 0.05) is 31.0 Å². The predicted octanol–water partition coefficient (Wildman–Crippen LogP) is 3.32. The van der Waals surface area contributed by atoms with Crippen LogP contribution in [0.1, 0.15) is 42.3 Å². The minimum Gasteiger partial charge on any atom is -0.477 e. The van der Waals surface area contributed by atoms with E-state index in [9.17, 15) is 4.79 Å². The Labute approximate surface area is 158 Å². The number of hydrogen-bond acceptors (Lipinski definition) is 5. The van der Waals surface area contributed by atoms with Crippen LogP contribution in [0.3, 0.4) is 0 Å². The molecule has 0 spiro atoms. The molecule has 2 fully saturated rings. The van der Waals surface area contributed by atoms with Crippen LogP contribution in [0.25, 0.3) is 0 Å². The van der Waals surface area contributed by atoms with E-state index in [0.29, 0.717) is 12.8 Å². The van der Waals surface area contributed by atoms with Crippen molar-refractivity contribution >= 4 is 17.2 Å². The van der Waals surface area contributed by atoms with E-state index in [-0.39, 0.29) is 11.9 Å². The monoisotopic (exact) mass is 371 g/mol. The van der Waals surface area contributed by atoms with Gasteiger partial charge in [-0.1, -0.05) is 17.7 Å². The Hall–Kier alpha value is -1.92. The first-order valence-electron chi connectivity index (χ1n) is 9.35. The van der Waals surface area contributed by atoms with Crippen LogP contribution < -0.4 is 10.1 Å². The maximum absolute atomic E-state index is 13.6. The van der Waals surface area contributed by atoms with E-state index >= 15 is 0 Å². The highest BCUT2D eigenvalue weighted by Gasteiger charge is 2.47. The van der Waals surface area contributed by atoms with Crippen molar-refractivity contribution in [3.05, 3.63) is 46.4 Å².